The molecule has 26 heavy (non-hydrogen) atoms. The fourth-order valence-corrected chi connectivity index (χ4v) is 3.50. The zero-order chi connectivity index (χ0) is 18.2. The van der Waals surface area contributed by atoms with Crippen LogP contribution < -0.4 is 5.73 Å². The number of benzene rings is 2. The van der Waals surface area contributed by atoms with Gasteiger partial charge < -0.3 is 15.6 Å². The summed E-state index contributed by atoms with van der Waals surface area (Å²) in [6.07, 6.45) is 7.99. The molecule has 0 aliphatic heterocycles. The summed E-state index contributed by atoms with van der Waals surface area (Å²) in [4.78, 5) is 5.77. The van der Waals surface area contributed by atoms with Gasteiger partial charge in [0.1, 0.15) is 0 Å². The number of rotatable bonds is 10. The van der Waals surface area contributed by atoms with Gasteiger partial charge in [-0.25, -0.2) is 0 Å². The molecule has 3 heteroatoms. The van der Waals surface area contributed by atoms with Crippen LogP contribution in [0.3, 0.4) is 0 Å². The van der Waals surface area contributed by atoms with Crippen LogP contribution in [-0.2, 0) is 19.4 Å². The summed E-state index contributed by atoms with van der Waals surface area (Å²) in [5, 5.41) is 1.35. The van der Waals surface area contributed by atoms with Gasteiger partial charge in [0.2, 0.25) is 0 Å². The summed E-state index contributed by atoms with van der Waals surface area (Å²) in [5.41, 5.74) is 11.0. The molecule has 3 aromatic rings. The van der Waals surface area contributed by atoms with E-state index in [1.54, 1.807) is 0 Å². The summed E-state index contributed by atoms with van der Waals surface area (Å²) in [5.74, 6) is 0. The number of hydrogen-bond acceptors (Lipinski definition) is 2. The number of unbranched alkanes of at least 4 members (excludes halogenated alkanes) is 2. The second kappa shape index (κ2) is 9.56. The maximum absolute atomic E-state index is 5.55. The Morgan fingerprint density at radius 2 is 1.65 bits per heavy atom. The molecule has 0 amide bonds. The van der Waals surface area contributed by atoms with E-state index in [9.17, 15) is 0 Å². The molecule has 0 spiro atoms. The summed E-state index contributed by atoms with van der Waals surface area (Å²) in [6, 6.07) is 17.7. The van der Waals surface area contributed by atoms with Crippen LogP contribution in [0.25, 0.3) is 10.9 Å². The van der Waals surface area contributed by atoms with E-state index in [4.69, 9.17) is 5.73 Å². The number of aromatic amines is 1. The molecule has 0 fully saturated rings. The third kappa shape index (κ3) is 5.20. The minimum absolute atomic E-state index is 0.809. The van der Waals surface area contributed by atoms with Crippen molar-refractivity contribution in [3.05, 3.63) is 71.4 Å². The maximum atomic E-state index is 5.55. The van der Waals surface area contributed by atoms with Gasteiger partial charge in [0, 0.05) is 30.2 Å². The van der Waals surface area contributed by atoms with E-state index in [1.165, 1.54) is 40.4 Å². The van der Waals surface area contributed by atoms with Crippen LogP contribution in [0.4, 0.5) is 0 Å². The Kier molecular flexibility index (Phi) is 6.87. The molecule has 0 unspecified atom stereocenters. The number of nitrogens with one attached hydrogen (secondary N) is 1. The van der Waals surface area contributed by atoms with Crippen LogP contribution in [0.5, 0.6) is 0 Å². The Balaban J connectivity index is 1.46. The van der Waals surface area contributed by atoms with Crippen molar-refractivity contribution in [2.45, 2.75) is 38.6 Å². The van der Waals surface area contributed by atoms with Gasteiger partial charge in [-0.05, 0) is 62.0 Å². The second-order valence-corrected chi connectivity index (χ2v) is 7.26. The van der Waals surface area contributed by atoms with Crippen LogP contribution in [0, 0.1) is 0 Å². The predicted octanol–water partition coefficient (Wildman–Crippen LogP) is 4.51. The molecule has 0 saturated carbocycles. The molecular weight excluding hydrogens is 318 g/mol. The smallest absolute Gasteiger partial charge is 0.0456 e. The molecule has 2 aromatic carbocycles. The van der Waals surface area contributed by atoms with E-state index in [0.29, 0.717) is 0 Å². The highest BCUT2D eigenvalue weighted by atomic mass is 15.1. The van der Waals surface area contributed by atoms with Crippen molar-refractivity contribution in [2.24, 2.45) is 5.73 Å². The van der Waals surface area contributed by atoms with Gasteiger partial charge in [0.25, 0.3) is 0 Å². The van der Waals surface area contributed by atoms with Crippen molar-refractivity contribution in [3.8, 4) is 0 Å². The Bertz CT molecular complexity index is 789. The van der Waals surface area contributed by atoms with Crippen molar-refractivity contribution < 1.29 is 0 Å². The molecule has 0 atom stereocenters. The minimum Gasteiger partial charge on any atom is -0.361 e. The largest absolute Gasteiger partial charge is 0.361 e. The minimum atomic E-state index is 0.809. The quantitative estimate of drug-likeness (QED) is 0.529. The van der Waals surface area contributed by atoms with Crippen LogP contribution in [0.1, 0.15) is 36.0 Å². The lowest BCUT2D eigenvalue weighted by Gasteiger charge is -2.16. The summed E-state index contributed by atoms with van der Waals surface area (Å²) >= 11 is 0. The molecule has 1 heterocycles. The van der Waals surface area contributed by atoms with Gasteiger partial charge in [-0.1, -0.05) is 48.9 Å². The van der Waals surface area contributed by atoms with Gasteiger partial charge in [-0.3, -0.25) is 0 Å². The highest BCUT2D eigenvalue weighted by molar-refractivity contribution is 5.83. The number of para-hydroxylation sites is 1. The zero-order valence-corrected chi connectivity index (χ0v) is 15.9. The molecule has 3 nitrogen and oxygen atoms in total. The summed E-state index contributed by atoms with van der Waals surface area (Å²) in [6.45, 7) is 2.86. The summed E-state index contributed by atoms with van der Waals surface area (Å²) in [7, 11) is 2.20. The van der Waals surface area contributed by atoms with E-state index in [0.717, 1.165) is 38.9 Å². The average molecular weight is 350 g/mol. The van der Waals surface area contributed by atoms with Crippen LogP contribution in [-0.4, -0.2) is 30.0 Å². The van der Waals surface area contributed by atoms with Crippen LogP contribution >= 0.6 is 0 Å². The van der Waals surface area contributed by atoms with Gasteiger partial charge in [0.15, 0.2) is 0 Å². The van der Waals surface area contributed by atoms with Crippen molar-refractivity contribution in [1.82, 2.24) is 9.88 Å². The van der Waals surface area contributed by atoms with Gasteiger partial charge in [0.05, 0.1) is 0 Å². The van der Waals surface area contributed by atoms with Gasteiger partial charge >= 0.3 is 0 Å². The number of nitrogens with two attached hydrogens (primary N) is 1. The topological polar surface area (TPSA) is 45.0 Å². The predicted molar refractivity (Wildman–Crippen MR) is 111 cm³/mol. The zero-order valence-electron chi connectivity index (χ0n) is 15.9. The number of H-pyrrole nitrogens is 1. The van der Waals surface area contributed by atoms with Crippen molar-refractivity contribution in [2.75, 3.05) is 20.1 Å². The number of fused-ring (bicyclic) bond motifs is 1. The summed E-state index contributed by atoms with van der Waals surface area (Å²) < 4.78 is 0. The molecule has 0 aliphatic rings. The Morgan fingerprint density at radius 1 is 0.885 bits per heavy atom. The molecule has 0 saturated heterocycles. The van der Waals surface area contributed by atoms with Crippen molar-refractivity contribution >= 4 is 10.9 Å². The third-order valence-electron chi connectivity index (χ3n) is 5.08. The molecule has 3 rings (SSSR count). The first kappa shape index (κ1) is 18.7. The number of hydrogen-bond donors (Lipinski definition) is 2. The number of aromatic nitrogens is 1. The molecule has 138 valence electrons. The van der Waals surface area contributed by atoms with E-state index in [1.807, 2.05) is 0 Å². The monoisotopic (exact) mass is 349 g/mol. The number of aryl methyl sites for hydroxylation is 1. The van der Waals surface area contributed by atoms with E-state index in [2.05, 4.69) is 71.7 Å². The first-order valence-corrected chi connectivity index (χ1v) is 9.77. The highest BCUT2D eigenvalue weighted by Crippen LogP contribution is 2.18. The molecule has 3 N–H and O–H groups in total. The van der Waals surface area contributed by atoms with E-state index < -0.39 is 0 Å². The lowest BCUT2D eigenvalue weighted by molar-refractivity contribution is 0.331. The first-order chi connectivity index (χ1) is 12.8. The van der Waals surface area contributed by atoms with Crippen molar-refractivity contribution in [1.29, 1.82) is 0 Å². The normalized spacial score (nSPS) is 11.5. The number of nitrogens with zero attached hydrogens (tertiary/aromatic N) is 1. The van der Waals surface area contributed by atoms with E-state index >= 15 is 0 Å². The average Bonchev–Trinajstić information content (AvgIpc) is 3.08. The molecule has 0 radical (unpaired) electrons. The van der Waals surface area contributed by atoms with Gasteiger partial charge in [-0.2, -0.15) is 0 Å². The molecule has 0 aliphatic carbocycles. The first-order valence-electron chi connectivity index (χ1n) is 9.77. The fourth-order valence-electron chi connectivity index (χ4n) is 3.50. The highest BCUT2D eigenvalue weighted by Gasteiger charge is 2.06. The van der Waals surface area contributed by atoms with Crippen molar-refractivity contribution in [3.63, 3.8) is 0 Å². The molecule has 1 aromatic heterocycles. The Hall–Kier alpha value is -2.10. The second-order valence-electron chi connectivity index (χ2n) is 7.26. The van der Waals surface area contributed by atoms with Gasteiger partial charge in [-0.15, -0.1) is 0 Å². The Morgan fingerprint density at radius 3 is 2.46 bits per heavy atom. The fraction of sp³-hybridized carbons (Fsp3) is 0.391. The SMILES string of the molecule is CN(CCc1c[nH]c2ccccc12)Cc1ccc(CCCCCN)cc1. The Labute approximate surface area is 157 Å². The molecule has 0 bridgehead atoms. The molecular formula is C23H31N3. The van der Waals surface area contributed by atoms with Crippen LogP contribution in [0.15, 0.2) is 54.7 Å². The number of likely N-dealkylation sites (N-methyl/N-ethyl adjacent to an activating group) is 1. The van der Waals surface area contributed by atoms with Crippen LogP contribution in [0.2, 0.25) is 0 Å². The standard InChI is InChI=1S/C23H31N3/c1-26(16-14-21-17-25-23-9-5-4-8-22(21)23)18-20-12-10-19(11-13-20)7-3-2-6-15-24/h4-5,8-13,17,25H,2-3,6-7,14-16,18,24H2,1H3. The maximum Gasteiger partial charge on any atom is 0.0456 e. The van der Waals surface area contributed by atoms with E-state index in [-0.39, 0.29) is 0 Å². The third-order valence-corrected chi connectivity index (χ3v) is 5.08. The lowest BCUT2D eigenvalue weighted by Crippen LogP contribution is -2.20. The lowest BCUT2D eigenvalue weighted by atomic mass is 10.0.